The fraction of sp³-hybridized carbons (Fsp3) is 0.684. The summed E-state index contributed by atoms with van der Waals surface area (Å²) in [4.78, 5) is 2.65. The van der Waals surface area contributed by atoms with Crippen LogP contribution >= 0.6 is 0 Å². The maximum atomic E-state index is 10.0. The number of hydrogen-bond acceptors (Lipinski definition) is 3. The van der Waals surface area contributed by atoms with Gasteiger partial charge in [0.2, 0.25) is 0 Å². The molecule has 3 rings (SSSR count). The van der Waals surface area contributed by atoms with E-state index in [1.165, 1.54) is 36.9 Å². The number of hydrogen-bond donors (Lipinski definition) is 1. The van der Waals surface area contributed by atoms with Gasteiger partial charge in [0.1, 0.15) is 0 Å². The largest absolute Gasteiger partial charge is 0.396 e. The first-order valence-corrected chi connectivity index (χ1v) is 8.67. The molecule has 0 unspecified atom stereocenters. The van der Waals surface area contributed by atoms with Gasteiger partial charge in [-0.1, -0.05) is 24.3 Å². The van der Waals surface area contributed by atoms with Crippen LogP contribution in [-0.2, 0) is 17.6 Å². The van der Waals surface area contributed by atoms with Crippen LogP contribution in [0.25, 0.3) is 0 Å². The molecule has 2 aliphatic rings. The second-order valence-corrected chi connectivity index (χ2v) is 7.16. The van der Waals surface area contributed by atoms with Gasteiger partial charge in [0.15, 0.2) is 0 Å². The molecule has 22 heavy (non-hydrogen) atoms. The second kappa shape index (κ2) is 7.12. The quantitative estimate of drug-likeness (QED) is 0.820. The Morgan fingerprint density at radius 2 is 2.00 bits per heavy atom. The first-order valence-electron chi connectivity index (χ1n) is 8.67. The molecule has 1 heterocycles. The molecule has 0 amide bonds. The van der Waals surface area contributed by atoms with E-state index < -0.39 is 0 Å². The van der Waals surface area contributed by atoms with E-state index in [9.17, 15) is 5.11 Å². The number of nitrogens with zero attached hydrogens (tertiary/aromatic N) is 1. The van der Waals surface area contributed by atoms with Crippen LogP contribution in [0.1, 0.15) is 36.8 Å². The highest BCUT2D eigenvalue weighted by atomic mass is 16.5. The van der Waals surface area contributed by atoms with Crippen LogP contribution in [0.15, 0.2) is 24.3 Å². The maximum absolute atomic E-state index is 10.0. The second-order valence-electron chi connectivity index (χ2n) is 7.16. The lowest BCUT2D eigenvalue weighted by Gasteiger charge is -2.44. The third-order valence-electron chi connectivity index (χ3n) is 5.63. The van der Waals surface area contributed by atoms with Crippen molar-refractivity contribution < 1.29 is 9.84 Å². The van der Waals surface area contributed by atoms with E-state index in [-0.39, 0.29) is 5.41 Å². The molecule has 3 heteroatoms. The van der Waals surface area contributed by atoms with Gasteiger partial charge in [0.25, 0.3) is 0 Å². The summed E-state index contributed by atoms with van der Waals surface area (Å²) in [5.74, 6) is 0. The van der Waals surface area contributed by atoms with Crippen molar-refractivity contribution in [3.05, 3.63) is 35.4 Å². The van der Waals surface area contributed by atoms with Crippen LogP contribution < -0.4 is 0 Å². The molecular formula is C19H29NO2. The first kappa shape index (κ1) is 16.0. The van der Waals surface area contributed by atoms with E-state index in [2.05, 4.69) is 29.2 Å². The minimum absolute atomic E-state index is 0.0888. The summed E-state index contributed by atoms with van der Waals surface area (Å²) in [6.07, 6.45) is 6.85. The number of benzene rings is 1. The summed E-state index contributed by atoms with van der Waals surface area (Å²) in [6, 6.07) is 9.49. The van der Waals surface area contributed by atoms with Crippen molar-refractivity contribution in [3.8, 4) is 0 Å². The highest BCUT2D eigenvalue weighted by molar-refractivity contribution is 5.33. The Morgan fingerprint density at radius 3 is 2.64 bits per heavy atom. The predicted octanol–water partition coefficient (Wildman–Crippen LogP) is 2.65. The van der Waals surface area contributed by atoms with E-state index in [1.807, 2.05) is 0 Å². The van der Waals surface area contributed by atoms with Gasteiger partial charge in [-0.2, -0.15) is 0 Å². The summed E-state index contributed by atoms with van der Waals surface area (Å²) in [5, 5.41) is 10.0. The Kier molecular flexibility index (Phi) is 5.17. The summed E-state index contributed by atoms with van der Waals surface area (Å²) in [6.45, 7) is 3.35. The highest BCUT2D eigenvalue weighted by Crippen LogP contribution is 2.37. The molecule has 1 aromatic rings. The van der Waals surface area contributed by atoms with Crippen LogP contribution in [0.2, 0.25) is 0 Å². The van der Waals surface area contributed by atoms with Gasteiger partial charge in [-0.25, -0.2) is 0 Å². The minimum Gasteiger partial charge on any atom is -0.396 e. The van der Waals surface area contributed by atoms with Crippen molar-refractivity contribution in [1.29, 1.82) is 0 Å². The normalized spacial score (nSPS) is 26.3. The molecule has 1 fully saturated rings. The van der Waals surface area contributed by atoms with E-state index in [1.54, 1.807) is 7.11 Å². The number of ether oxygens (including phenoxy) is 1. The Morgan fingerprint density at radius 1 is 1.27 bits per heavy atom. The molecule has 0 spiro atoms. The number of methoxy groups -OCH3 is 1. The molecule has 1 saturated heterocycles. The van der Waals surface area contributed by atoms with Gasteiger partial charge in [-0.3, -0.25) is 4.90 Å². The van der Waals surface area contributed by atoms with Crippen LogP contribution in [-0.4, -0.2) is 49.5 Å². The molecule has 0 aromatic heterocycles. The van der Waals surface area contributed by atoms with Gasteiger partial charge in [0.05, 0.1) is 0 Å². The van der Waals surface area contributed by atoms with Crippen molar-refractivity contribution in [2.24, 2.45) is 5.41 Å². The third-order valence-corrected chi connectivity index (χ3v) is 5.63. The van der Waals surface area contributed by atoms with Gasteiger partial charge in [-0.05, 0) is 56.2 Å². The van der Waals surface area contributed by atoms with Gasteiger partial charge in [0, 0.05) is 38.3 Å². The lowest BCUT2D eigenvalue weighted by molar-refractivity contribution is 0.00297. The average molecular weight is 303 g/mol. The topological polar surface area (TPSA) is 32.7 Å². The Bertz CT molecular complexity index is 465. The zero-order valence-corrected chi connectivity index (χ0v) is 13.8. The summed E-state index contributed by atoms with van der Waals surface area (Å²) < 4.78 is 5.20. The number of aliphatic hydroxyl groups is 1. The molecule has 1 aliphatic carbocycles. The van der Waals surface area contributed by atoms with Crippen LogP contribution in [0.5, 0.6) is 0 Å². The first-order chi connectivity index (χ1) is 10.8. The third kappa shape index (κ3) is 3.37. The summed E-state index contributed by atoms with van der Waals surface area (Å²) in [5.41, 5.74) is 3.13. The van der Waals surface area contributed by atoms with E-state index in [0.717, 1.165) is 32.4 Å². The zero-order chi connectivity index (χ0) is 15.4. The van der Waals surface area contributed by atoms with Crippen LogP contribution in [0, 0.1) is 5.41 Å². The number of aliphatic hydroxyl groups excluding tert-OH is 1. The molecule has 1 aliphatic heterocycles. The smallest absolute Gasteiger partial charge is 0.0499 e. The number of likely N-dealkylation sites (tertiary alicyclic amines) is 1. The lowest BCUT2D eigenvalue weighted by Crippen LogP contribution is -2.50. The van der Waals surface area contributed by atoms with Crippen molar-refractivity contribution in [1.82, 2.24) is 4.90 Å². The fourth-order valence-corrected chi connectivity index (χ4v) is 4.36. The standard InChI is InChI=1S/C19H29NO2/c1-22-11-5-9-19(15-21)8-4-10-20(14-19)18-12-16-6-2-3-7-17(16)13-18/h2-3,6-7,18,21H,4-5,8-15H2,1H3/t19-/m1/s1. The Hall–Kier alpha value is -0.900. The molecule has 0 bridgehead atoms. The Labute approximate surface area is 134 Å². The lowest BCUT2D eigenvalue weighted by atomic mass is 9.76. The number of rotatable bonds is 6. The molecule has 1 N–H and O–H groups in total. The monoisotopic (exact) mass is 303 g/mol. The van der Waals surface area contributed by atoms with Crippen molar-refractivity contribution in [2.45, 2.75) is 44.6 Å². The molecule has 0 saturated carbocycles. The van der Waals surface area contributed by atoms with Crippen molar-refractivity contribution in [3.63, 3.8) is 0 Å². The van der Waals surface area contributed by atoms with Crippen LogP contribution in [0.4, 0.5) is 0 Å². The minimum atomic E-state index is 0.0888. The fourth-order valence-electron chi connectivity index (χ4n) is 4.36. The van der Waals surface area contributed by atoms with Gasteiger partial charge in [-0.15, -0.1) is 0 Å². The molecular weight excluding hydrogens is 274 g/mol. The van der Waals surface area contributed by atoms with Crippen LogP contribution in [0.3, 0.4) is 0 Å². The SMILES string of the molecule is COCCC[C@]1(CO)CCCN(C2Cc3ccccc3C2)C1. The molecule has 1 aromatic carbocycles. The van der Waals surface area contributed by atoms with Crippen molar-refractivity contribution >= 4 is 0 Å². The molecule has 122 valence electrons. The zero-order valence-electron chi connectivity index (χ0n) is 13.8. The van der Waals surface area contributed by atoms with Gasteiger partial charge >= 0.3 is 0 Å². The Balaban J connectivity index is 1.63. The number of fused-ring (bicyclic) bond motifs is 1. The molecule has 3 nitrogen and oxygen atoms in total. The van der Waals surface area contributed by atoms with Crippen molar-refractivity contribution in [2.75, 3.05) is 33.4 Å². The molecule has 1 atom stereocenters. The highest BCUT2D eigenvalue weighted by Gasteiger charge is 2.38. The van der Waals surface area contributed by atoms with Gasteiger partial charge < -0.3 is 9.84 Å². The summed E-state index contributed by atoms with van der Waals surface area (Å²) in [7, 11) is 1.76. The van der Waals surface area contributed by atoms with E-state index >= 15 is 0 Å². The summed E-state index contributed by atoms with van der Waals surface area (Å²) >= 11 is 0. The van der Waals surface area contributed by atoms with E-state index in [4.69, 9.17) is 4.74 Å². The van der Waals surface area contributed by atoms with E-state index in [0.29, 0.717) is 12.6 Å². The average Bonchev–Trinajstić information content (AvgIpc) is 2.99. The number of piperidine rings is 1. The maximum Gasteiger partial charge on any atom is 0.0499 e. The predicted molar refractivity (Wildman–Crippen MR) is 89.1 cm³/mol. The molecule has 0 radical (unpaired) electrons.